The number of benzene rings is 1. The van der Waals surface area contributed by atoms with Crippen molar-refractivity contribution in [1.82, 2.24) is 10.2 Å². The SMILES string of the molecule is CN=C(NCCc1ccc(C)cc1)N(C)CCC1CCOCC1.I. The van der Waals surface area contributed by atoms with Crippen molar-refractivity contribution in [1.29, 1.82) is 0 Å². The van der Waals surface area contributed by atoms with Crippen LogP contribution in [0.1, 0.15) is 30.4 Å². The van der Waals surface area contributed by atoms with Gasteiger partial charge >= 0.3 is 0 Å². The summed E-state index contributed by atoms with van der Waals surface area (Å²) in [6, 6.07) is 8.75. The minimum Gasteiger partial charge on any atom is -0.381 e. The van der Waals surface area contributed by atoms with Crippen LogP contribution in [0.2, 0.25) is 0 Å². The molecule has 1 aliphatic heterocycles. The van der Waals surface area contributed by atoms with Gasteiger partial charge in [0.25, 0.3) is 0 Å². The molecule has 2 rings (SSSR count). The van der Waals surface area contributed by atoms with Gasteiger partial charge in [-0.3, -0.25) is 4.99 Å². The van der Waals surface area contributed by atoms with Gasteiger partial charge in [-0.2, -0.15) is 0 Å². The molecule has 1 aliphatic rings. The molecule has 0 unspecified atom stereocenters. The van der Waals surface area contributed by atoms with E-state index >= 15 is 0 Å². The topological polar surface area (TPSA) is 36.9 Å². The first-order valence-corrected chi connectivity index (χ1v) is 8.74. The van der Waals surface area contributed by atoms with Crippen molar-refractivity contribution in [2.75, 3.05) is 40.4 Å². The highest BCUT2D eigenvalue weighted by Gasteiger charge is 2.15. The Morgan fingerprint density at radius 2 is 1.92 bits per heavy atom. The second kappa shape index (κ2) is 11.7. The number of nitrogens with one attached hydrogen (secondary N) is 1. The Balaban J connectivity index is 0.00000288. The molecule has 0 amide bonds. The van der Waals surface area contributed by atoms with Crippen LogP contribution in [0, 0.1) is 12.8 Å². The summed E-state index contributed by atoms with van der Waals surface area (Å²) in [5.41, 5.74) is 2.67. The molecular weight excluding hydrogens is 413 g/mol. The molecule has 24 heavy (non-hydrogen) atoms. The fourth-order valence-corrected chi connectivity index (χ4v) is 2.98. The summed E-state index contributed by atoms with van der Waals surface area (Å²) in [4.78, 5) is 6.64. The first kappa shape index (κ1) is 21.2. The standard InChI is InChI=1S/C19H31N3O.HI/c1-16-4-6-17(7-5-16)8-12-21-19(20-2)22(3)13-9-18-10-14-23-15-11-18;/h4-7,18H,8-15H2,1-3H3,(H,20,21);1H. The van der Waals surface area contributed by atoms with Gasteiger partial charge in [0.05, 0.1) is 0 Å². The molecule has 0 aromatic heterocycles. The van der Waals surface area contributed by atoms with Crippen LogP contribution in [0.15, 0.2) is 29.3 Å². The number of aliphatic imine (C=N–C) groups is 1. The second-order valence-corrected chi connectivity index (χ2v) is 6.48. The molecule has 136 valence electrons. The van der Waals surface area contributed by atoms with Crippen LogP contribution in [0.5, 0.6) is 0 Å². The normalized spacial score (nSPS) is 15.7. The van der Waals surface area contributed by atoms with Crippen LogP contribution in [0.25, 0.3) is 0 Å². The van der Waals surface area contributed by atoms with Crippen LogP contribution < -0.4 is 5.32 Å². The summed E-state index contributed by atoms with van der Waals surface area (Å²) in [6.07, 6.45) is 4.65. The van der Waals surface area contributed by atoms with Gasteiger partial charge in [-0.1, -0.05) is 29.8 Å². The summed E-state index contributed by atoms with van der Waals surface area (Å²) in [7, 11) is 3.99. The van der Waals surface area contributed by atoms with Gasteiger partial charge in [-0.25, -0.2) is 0 Å². The van der Waals surface area contributed by atoms with E-state index in [1.54, 1.807) is 0 Å². The van der Waals surface area contributed by atoms with E-state index in [9.17, 15) is 0 Å². The van der Waals surface area contributed by atoms with Gasteiger partial charge in [0.2, 0.25) is 0 Å². The van der Waals surface area contributed by atoms with Crippen LogP contribution in [-0.4, -0.2) is 51.3 Å². The number of halogens is 1. The lowest BCUT2D eigenvalue weighted by Crippen LogP contribution is -2.40. The molecule has 0 saturated carbocycles. The Hall–Kier alpha value is -0.820. The van der Waals surface area contributed by atoms with E-state index < -0.39 is 0 Å². The highest BCUT2D eigenvalue weighted by atomic mass is 127. The average molecular weight is 445 g/mol. The van der Waals surface area contributed by atoms with Crippen molar-refractivity contribution in [3.05, 3.63) is 35.4 Å². The van der Waals surface area contributed by atoms with Crippen LogP contribution in [0.4, 0.5) is 0 Å². The third-order valence-electron chi connectivity index (χ3n) is 4.60. The van der Waals surface area contributed by atoms with Crippen molar-refractivity contribution in [3.8, 4) is 0 Å². The smallest absolute Gasteiger partial charge is 0.193 e. The first-order valence-electron chi connectivity index (χ1n) is 8.74. The summed E-state index contributed by atoms with van der Waals surface area (Å²) in [6.45, 7) is 5.94. The Morgan fingerprint density at radius 1 is 1.25 bits per heavy atom. The van der Waals surface area contributed by atoms with Gasteiger partial charge in [0, 0.05) is 40.4 Å². The zero-order chi connectivity index (χ0) is 16.5. The van der Waals surface area contributed by atoms with Gasteiger partial charge in [0.1, 0.15) is 0 Å². The molecule has 1 aromatic rings. The minimum absolute atomic E-state index is 0. The maximum atomic E-state index is 5.43. The van der Waals surface area contributed by atoms with E-state index in [0.717, 1.165) is 44.6 Å². The van der Waals surface area contributed by atoms with E-state index in [1.807, 2.05) is 7.05 Å². The van der Waals surface area contributed by atoms with Gasteiger partial charge in [-0.15, -0.1) is 24.0 Å². The molecule has 0 spiro atoms. The molecule has 5 heteroatoms. The molecular formula is C19H32IN3O. The zero-order valence-corrected chi connectivity index (χ0v) is 17.6. The van der Waals surface area contributed by atoms with Crippen molar-refractivity contribution < 1.29 is 4.74 Å². The lowest BCUT2D eigenvalue weighted by Gasteiger charge is -2.26. The number of hydrogen-bond donors (Lipinski definition) is 1. The molecule has 1 saturated heterocycles. The molecule has 0 atom stereocenters. The summed E-state index contributed by atoms with van der Waals surface area (Å²) >= 11 is 0. The first-order chi connectivity index (χ1) is 11.2. The predicted molar refractivity (Wildman–Crippen MR) is 112 cm³/mol. The Morgan fingerprint density at radius 3 is 2.54 bits per heavy atom. The van der Waals surface area contributed by atoms with E-state index in [0.29, 0.717) is 0 Å². The maximum Gasteiger partial charge on any atom is 0.193 e. The lowest BCUT2D eigenvalue weighted by atomic mass is 9.96. The zero-order valence-electron chi connectivity index (χ0n) is 15.3. The Kier molecular flexibility index (Phi) is 10.3. The lowest BCUT2D eigenvalue weighted by molar-refractivity contribution is 0.0625. The Labute approximate surface area is 164 Å². The number of guanidine groups is 1. The second-order valence-electron chi connectivity index (χ2n) is 6.48. The molecule has 1 heterocycles. The van der Waals surface area contributed by atoms with E-state index in [2.05, 4.69) is 53.4 Å². The van der Waals surface area contributed by atoms with E-state index in [-0.39, 0.29) is 24.0 Å². The average Bonchev–Trinajstić information content (AvgIpc) is 2.59. The van der Waals surface area contributed by atoms with Crippen LogP contribution >= 0.6 is 24.0 Å². The summed E-state index contributed by atoms with van der Waals surface area (Å²) in [5.74, 6) is 1.79. The highest BCUT2D eigenvalue weighted by Crippen LogP contribution is 2.18. The monoisotopic (exact) mass is 445 g/mol. The quantitative estimate of drug-likeness (QED) is 0.414. The third-order valence-corrected chi connectivity index (χ3v) is 4.60. The fraction of sp³-hybridized carbons (Fsp3) is 0.632. The van der Waals surface area contributed by atoms with Crippen molar-refractivity contribution in [2.45, 2.75) is 32.6 Å². The molecule has 0 radical (unpaired) electrons. The molecule has 4 nitrogen and oxygen atoms in total. The number of nitrogens with zero attached hydrogens (tertiary/aromatic N) is 2. The van der Waals surface area contributed by atoms with Gasteiger partial charge in [-0.05, 0) is 44.1 Å². The maximum absolute atomic E-state index is 5.43. The van der Waals surface area contributed by atoms with Crippen molar-refractivity contribution in [3.63, 3.8) is 0 Å². The van der Waals surface area contributed by atoms with Crippen molar-refractivity contribution >= 4 is 29.9 Å². The predicted octanol–water partition coefficient (Wildman–Crippen LogP) is 3.48. The molecule has 0 bridgehead atoms. The molecule has 0 aliphatic carbocycles. The van der Waals surface area contributed by atoms with Crippen LogP contribution in [-0.2, 0) is 11.2 Å². The number of hydrogen-bond acceptors (Lipinski definition) is 2. The summed E-state index contributed by atoms with van der Waals surface area (Å²) < 4.78 is 5.43. The van der Waals surface area contributed by atoms with Gasteiger partial charge < -0.3 is 15.0 Å². The van der Waals surface area contributed by atoms with Crippen LogP contribution in [0.3, 0.4) is 0 Å². The fourth-order valence-electron chi connectivity index (χ4n) is 2.98. The third kappa shape index (κ3) is 7.38. The minimum atomic E-state index is 0. The number of rotatable bonds is 6. The van der Waals surface area contributed by atoms with Crippen molar-refractivity contribution in [2.24, 2.45) is 10.9 Å². The number of ether oxygens (including phenoxy) is 1. The molecule has 1 fully saturated rings. The summed E-state index contributed by atoms with van der Waals surface area (Å²) in [5, 5.41) is 3.47. The largest absolute Gasteiger partial charge is 0.381 e. The molecule has 1 aromatic carbocycles. The Bertz CT molecular complexity index is 484. The number of aryl methyl sites for hydroxylation is 1. The van der Waals surface area contributed by atoms with Gasteiger partial charge in [0.15, 0.2) is 5.96 Å². The molecule has 1 N–H and O–H groups in total. The highest BCUT2D eigenvalue weighted by molar-refractivity contribution is 14.0. The van der Waals surface area contributed by atoms with E-state index in [4.69, 9.17) is 4.74 Å². The van der Waals surface area contributed by atoms with E-state index in [1.165, 1.54) is 30.4 Å².